The van der Waals surface area contributed by atoms with Crippen molar-refractivity contribution in [2.75, 3.05) is 26.2 Å². The third kappa shape index (κ3) is 3.94. The first-order valence-electron chi connectivity index (χ1n) is 7.35. The minimum Gasteiger partial charge on any atom is -0.377 e. The second-order valence-electron chi connectivity index (χ2n) is 5.81. The van der Waals surface area contributed by atoms with Crippen LogP contribution in [0.1, 0.15) is 45.4 Å². The van der Waals surface area contributed by atoms with Gasteiger partial charge in [-0.25, -0.2) is 0 Å². The maximum absolute atomic E-state index is 5.73. The Balaban J connectivity index is 1.68. The molecule has 0 aromatic heterocycles. The summed E-state index contributed by atoms with van der Waals surface area (Å²) in [6.07, 6.45) is 8.54. The van der Waals surface area contributed by atoms with E-state index in [2.05, 4.69) is 11.8 Å². The highest BCUT2D eigenvalue weighted by Gasteiger charge is 2.27. The van der Waals surface area contributed by atoms with Gasteiger partial charge in [0.25, 0.3) is 0 Å². The van der Waals surface area contributed by atoms with Crippen LogP contribution in [0.5, 0.6) is 0 Å². The summed E-state index contributed by atoms with van der Waals surface area (Å²) in [5, 5.41) is 0. The highest BCUT2D eigenvalue weighted by atomic mass is 16.5. The van der Waals surface area contributed by atoms with Crippen molar-refractivity contribution in [3.8, 4) is 0 Å². The van der Waals surface area contributed by atoms with Gasteiger partial charge in [0.2, 0.25) is 0 Å². The molecule has 2 fully saturated rings. The Bertz CT molecular complexity index is 206. The van der Waals surface area contributed by atoms with Crippen LogP contribution in [0.25, 0.3) is 0 Å². The summed E-state index contributed by atoms with van der Waals surface area (Å²) < 4.78 is 5.73. The van der Waals surface area contributed by atoms with Crippen molar-refractivity contribution in [3.63, 3.8) is 0 Å². The second kappa shape index (κ2) is 6.72. The van der Waals surface area contributed by atoms with Gasteiger partial charge in [-0.1, -0.05) is 6.92 Å². The van der Waals surface area contributed by atoms with Crippen LogP contribution in [0.3, 0.4) is 0 Å². The Morgan fingerprint density at radius 1 is 1.06 bits per heavy atom. The number of rotatable bonds is 4. The molecule has 100 valence electrons. The van der Waals surface area contributed by atoms with E-state index in [4.69, 9.17) is 10.5 Å². The van der Waals surface area contributed by atoms with E-state index in [1.54, 1.807) is 0 Å². The molecule has 17 heavy (non-hydrogen) atoms. The quantitative estimate of drug-likeness (QED) is 0.817. The fraction of sp³-hybridized carbons (Fsp3) is 1.00. The maximum Gasteiger partial charge on any atom is 0.0600 e. The summed E-state index contributed by atoms with van der Waals surface area (Å²) >= 11 is 0. The van der Waals surface area contributed by atoms with Crippen LogP contribution in [-0.2, 0) is 4.74 Å². The van der Waals surface area contributed by atoms with E-state index in [1.807, 2.05) is 0 Å². The minimum atomic E-state index is 0.470. The van der Waals surface area contributed by atoms with Gasteiger partial charge in [-0.05, 0) is 44.4 Å². The van der Waals surface area contributed by atoms with Crippen LogP contribution in [0, 0.1) is 5.92 Å². The van der Waals surface area contributed by atoms with E-state index >= 15 is 0 Å². The van der Waals surface area contributed by atoms with Gasteiger partial charge in [-0.2, -0.15) is 0 Å². The molecule has 0 amide bonds. The monoisotopic (exact) mass is 240 g/mol. The molecule has 0 aromatic carbocycles. The summed E-state index contributed by atoms with van der Waals surface area (Å²) in [6.45, 7) is 6.23. The summed E-state index contributed by atoms with van der Waals surface area (Å²) in [5.74, 6) is 0.955. The lowest BCUT2D eigenvalue weighted by Gasteiger charge is -2.40. The summed E-state index contributed by atoms with van der Waals surface area (Å²) in [5.41, 5.74) is 5.47. The Kier molecular flexibility index (Phi) is 5.26. The first-order chi connectivity index (χ1) is 8.29. The number of likely N-dealkylation sites (tertiary alicyclic amines) is 1. The first-order valence-corrected chi connectivity index (χ1v) is 7.35. The number of ether oxygens (including phenoxy) is 1. The van der Waals surface area contributed by atoms with Crippen molar-refractivity contribution in [2.24, 2.45) is 11.7 Å². The van der Waals surface area contributed by atoms with Crippen LogP contribution in [0.15, 0.2) is 0 Å². The fourth-order valence-corrected chi connectivity index (χ4v) is 3.25. The fourth-order valence-electron chi connectivity index (χ4n) is 3.25. The number of hydrogen-bond acceptors (Lipinski definition) is 3. The molecule has 3 nitrogen and oxygen atoms in total. The molecule has 0 spiro atoms. The van der Waals surface area contributed by atoms with Crippen molar-refractivity contribution >= 4 is 0 Å². The van der Waals surface area contributed by atoms with Crippen LogP contribution in [0.4, 0.5) is 0 Å². The zero-order valence-corrected chi connectivity index (χ0v) is 11.2. The van der Waals surface area contributed by atoms with Gasteiger partial charge >= 0.3 is 0 Å². The lowest BCUT2D eigenvalue weighted by molar-refractivity contribution is -0.00419. The molecule has 0 atom stereocenters. The zero-order chi connectivity index (χ0) is 12.1. The Morgan fingerprint density at radius 3 is 2.29 bits per heavy atom. The van der Waals surface area contributed by atoms with E-state index in [0.29, 0.717) is 12.6 Å². The zero-order valence-electron chi connectivity index (χ0n) is 11.2. The second-order valence-corrected chi connectivity index (χ2v) is 5.81. The van der Waals surface area contributed by atoms with Gasteiger partial charge in [0.1, 0.15) is 0 Å². The molecule has 1 aliphatic heterocycles. The molecule has 1 aliphatic carbocycles. The highest BCUT2D eigenvalue weighted by Crippen LogP contribution is 2.29. The molecule has 0 unspecified atom stereocenters. The highest BCUT2D eigenvalue weighted by molar-refractivity contribution is 4.82. The summed E-state index contributed by atoms with van der Waals surface area (Å²) in [7, 11) is 0. The van der Waals surface area contributed by atoms with Gasteiger partial charge < -0.3 is 15.4 Å². The van der Waals surface area contributed by atoms with Crippen LogP contribution < -0.4 is 5.73 Å². The number of hydrogen-bond donors (Lipinski definition) is 1. The van der Waals surface area contributed by atoms with Crippen molar-refractivity contribution in [3.05, 3.63) is 0 Å². The molecule has 1 heterocycles. The average molecular weight is 240 g/mol. The minimum absolute atomic E-state index is 0.470. The largest absolute Gasteiger partial charge is 0.377 e. The third-order valence-corrected chi connectivity index (χ3v) is 4.45. The van der Waals surface area contributed by atoms with E-state index in [-0.39, 0.29) is 0 Å². The number of nitrogens with two attached hydrogens (primary N) is 1. The molecule has 0 radical (unpaired) electrons. The lowest BCUT2D eigenvalue weighted by atomic mass is 9.86. The van der Waals surface area contributed by atoms with Gasteiger partial charge in [-0.15, -0.1) is 0 Å². The molecule has 2 N–H and O–H groups in total. The molecule has 2 aliphatic rings. The van der Waals surface area contributed by atoms with Gasteiger partial charge in [0.05, 0.1) is 12.7 Å². The lowest BCUT2D eigenvalue weighted by Crippen LogP contribution is -2.44. The molecular formula is C14H28N2O. The van der Waals surface area contributed by atoms with E-state index in [0.717, 1.165) is 18.6 Å². The molecule has 1 saturated carbocycles. The number of nitrogens with zero attached hydrogens (tertiary/aromatic N) is 1. The van der Waals surface area contributed by atoms with Crippen LogP contribution in [-0.4, -0.2) is 43.3 Å². The Hall–Kier alpha value is -0.120. The summed E-state index contributed by atoms with van der Waals surface area (Å²) in [6, 6.07) is 0.863. The molecule has 3 heteroatoms. The average Bonchev–Trinajstić information content (AvgIpc) is 2.38. The van der Waals surface area contributed by atoms with Crippen molar-refractivity contribution in [1.29, 1.82) is 0 Å². The van der Waals surface area contributed by atoms with Crippen molar-refractivity contribution in [1.82, 2.24) is 4.90 Å². The van der Waals surface area contributed by atoms with Gasteiger partial charge in [0.15, 0.2) is 0 Å². The Morgan fingerprint density at radius 2 is 1.71 bits per heavy atom. The predicted octanol–water partition coefficient (Wildman–Crippen LogP) is 2.00. The molecule has 2 rings (SSSR count). The molecular weight excluding hydrogens is 212 g/mol. The summed E-state index contributed by atoms with van der Waals surface area (Å²) in [4.78, 5) is 2.70. The number of piperidine rings is 1. The molecule has 1 saturated heterocycles. The molecule has 0 bridgehead atoms. The Labute approximate surface area is 106 Å². The topological polar surface area (TPSA) is 38.5 Å². The predicted molar refractivity (Wildman–Crippen MR) is 71.0 cm³/mol. The standard InChI is InChI=1S/C14H28N2O/c1-12-2-4-13(5-3-12)16-9-6-14(7-10-16)17-11-8-15/h12-14H,2-11,15H2,1H3. The van der Waals surface area contributed by atoms with E-state index in [9.17, 15) is 0 Å². The SMILES string of the molecule is CC1CCC(N2CCC(OCCN)CC2)CC1. The van der Waals surface area contributed by atoms with Crippen molar-refractivity contribution < 1.29 is 4.74 Å². The normalized spacial score (nSPS) is 32.8. The maximum atomic E-state index is 5.73. The molecule has 0 aromatic rings. The van der Waals surface area contributed by atoms with Crippen molar-refractivity contribution in [2.45, 2.75) is 57.6 Å². The van der Waals surface area contributed by atoms with Crippen LogP contribution in [0.2, 0.25) is 0 Å². The van der Waals surface area contributed by atoms with E-state index in [1.165, 1.54) is 51.6 Å². The van der Waals surface area contributed by atoms with Gasteiger partial charge in [0, 0.05) is 25.7 Å². The van der Waals surface area contributed by atoms with E-state index < -0.39 is 0 Å². The van der Waals surface area contributed by atoms with Gasteiger partial charge in [-0.3, -0.25) is 0 Å². The van der Waals surface area contributed by atoms with Crippen LogP contribution >= 0.6 is 0 Å². The third-order valence-electron chi connectivity index (χ3n) is 4.45. The first kappa shape index (κ1) is 13.3. The smallest absolute Gasteiger partial charge is 0.0600 e.